The molecule has 0 aliphatic heterocycles. The van der Waals surface area contributed by atoms with Crippen LogP contribution >= 0.6 is 61.1 Å². The van der Waals surface area contributed by atoms with Crippen molar-refractivity contribution in [2.24, 2.45) is 0 Å². The van der Waals surface area contributed by atoms with Gasteiger partial charge in [-0.3, -0.25) is 0 Å². The third kappa shape index (κ3) is 5.60. The van der Waals surface area contributed by atoms with Crippen molar-refractivity contribution >= 4 is 83.2 Å². The zero-order valence-electron chi connectivity index (χ0n) is 11.9. The maximum atomic E-state index is 11.8. The summed E-state index contributed by atoms with van der Waals surface area (Å²) in [6, 6.07) is 8.54. The van der Waals surface area contributed by atoms with Crippen molar-refractivity contribution in [1.29, 1.82) is 0 Å². The highest BCUT2D eigenvalue weighted by Gasteiger charge is 2.21. The van der Waals surface area contributed by atoms with Crippen molar-refractivity contribution in [2.45, 2.75) is 4.90 Å². The number of benzene rings is 2. The second-order valence-electron chi connectivity index (χ2n) is 4.40. The molecule has 0 heterocycles. The highest BCUT2D eigenvalue weighted by molar-refractivity contribution is 14.1. The van der Waals surface area contributed by atoms with Crippen molar-refractivity contribution in [3.05, 3.63) is 48.0 Å². The van der Waals surface area contributed by atoms with Crippen LogP contribution in [0, 0.1) is 7.14 Å². The van der Waals surface area contributed by atoms with Crippen molar-refractivity contribution in [1.82, 2.24) is 0 Å². The van der Waals surface area contributed by atoms with Gasteiger partial charge in [0.05, 0.1) is 4.90 Å². The van der Waals surface area contributed by atoms with E-state index in [-0.39, 0.29) is 18.6 Å². The number of hydrogen-bond acceptors (Lipinski definition) is 7. The van der Waals surface area contributed by atoms with Gasteiger partial charge in [0.2, 0.25) is 0 Å². The predicted octanol–water partition coefficient (Wildman–Crippen LogP) is 3.07. The fourth-order valence-corrected chi connectivity index (χ4v) is 5.82. The molecule has 0 fully saturated rings. The van der Waals surface area contributed by atoms with Crippen molar-refractivity contribution in [3.63, 3.8) is 0 Å². The van der Waals surface area contributed by atoms with Crippen LogP contribution in [0.5, 0.6) is 11.5 Å². The van der Waals surface area contributed by atoms with Gasteiger partial charge in [0.15, 0.2) is 0 Å². The van der Waals surface area contributed by atoms with E-state index in [0.717, 1.165) is 16.6 Å². The molecule has 0 spiro atoms. The SMILES string of the molecule is O=C(Oc1ccc(Br)cc1)C(=O)Oc1cc(I)c(S(=O)(=O)[O-])c(I)c1. The van der Waals surface area contributed by atoms with E-state index in [1.807, 2.05) is 0 Å². The zero-order valence-corrected chi connectivity index (χ0v) is 18.6. The van der Waals surface area contributed by atoms with E-state index in [1.54, 1.807) is 57.3 Å². The van der Waals surface area contributed by atoms with E-state index in [1.165, 1.54) is 12.1 Å². The van der Waals surface area contributed by atoms with E-state index in [4.69, 9.17) is 9.47 Å². The molecule has 0 saturated carbocycles. The largest absolute Gasteiger partial charge is 0.744 e. The minimum atomic E-state index is -4.67. The van der Waals surface area contributed by atoms with E-state index >= 15 is 0 Å². The van der Waals surface area contributed by atoms with Crippen LogP contribution in [0.25, 0.3) is 0 Å². The van der Waals surface area contributed by atoms with Crippen LogP contribution in [0.3, 0.4) is 0 Å². The van der Waals surface area contributed by atoms with Crippen LogP contribution in [-0.4, -0.2) is 24.9 Å². The third-order valence-corrected chi connectivity index (χ3v) is 6.53. The van der Waals surface area contributed by atoms with Gasteiger partial charge in [0.25, 0.3) is 0 Å². The summed E-state index contributed by atoms with van der Waals surface area (Å²) in [5.74, 6) is -2.46. The van der Waals surface area contributed by atoms with Crippen LogP contribution < -0.4 is 9.47 Å². The summed E-state index contributed by atoms with van der Waals surface area (Å²) in [4.78, 5) is 23.1. The number of rotatable bonds is 3. The van der Waals surface area contributed by atoms with E-state index in [0.29, 0.717) is 0 Å². The predicted molar refractivity (Wildman–Crippen MR) is 105 cm³/mol. The Kier molecular flexibility index (Phi) is 6.80. The number of hydrogen-bond donors (Lipinski definition) is 0. The van der Waals surface area contributed by atoms with Crippen molar-refractivity contribution < 1.29 is 32.0 Å². The average molecular weight is 652 g/mol. The smallest absolute Gasteiger partial charge is 0.423 e. The van der Waals surface area contributed by atoms with Crippen LogP contribution in [-0.2, 0) is 19.7 Å². The van der Waals surface area contributed by atoms with Gasteiger partial charge in [-0.2, -0.15) is 0 Å². The number of carbonyl (C=O) groups excluding carboxylic acids is 2. The van der Waals surface area contributed by atoms with Crippen LogP contribution in [0.2, 0.25) is 0 Å². The summed E-state index contributed by atoms with van der Waals surface area (Å²) in [6.07, 6.45) is 0. The molecule has 2 aromatic carbocycles. The molecule has 0 aliphatic rings. The van der Waals surface area contributed by atoms with Crippen molar-refractivity contribution in [2.75, 3.05) is 0 Å². The summed E-state index contributed by atoms with van der Waals surface area (Å²) in [5.41, 5.74) is 0. The van der Waals surface area contributed by atoms with E-state index in [9.17, 15) is 22.6 Å². The molecule has 0 atom stereocenters. The van der Waals surface area contributed by atoms with Gasteiger partial charge in [0, 0.05) is 11.6 Å². The van der Waals surface area contributed by atoms with Gasteiger partial charge in [0.1, 0.15) is 21.6 Å². The lowest BCUT2D eigenvalue weighted by Gasteiger charge is -2.13. The molecule has 0 bridgehead atoms. The molecule has 2 aromatic rings. The summed E-state index contributed by atoms with van der Waals surface area (Å²) in [7, 11) is -4.67. The Morgan fingerprint density at radius 1 is 0.920 bits per heavy atom. The lowest BCUT2D eigenvalue weighted by molar-refractivity contribution is -0.156. The Morgan fingerprint density at radius 3 is 1.80 bits per heavy atom. The third-order valence-electron chi connectivity index (χ3n) is 2.62. The Balaban J connectivity index is 2.15. The first-order valence-electron chi connectivity index (χ1n) is 6.22. The first-order chi connectivity index (χ1) is 11.6. The summed E-state index contributed by atoms with van der Waals surface area (Å²) >= 11 is 6.47. The number of ether oxygens (including phenoxy) is 2. The van der Waals surface area contributed by atoms with Gasteiger partial charge in [-0.05, 0) is 81.6 Å². The Labute approximate surface area is 178 Å². The molecule has 0 N–H and O–H groups in total. The molecule has 2 rings (SSSR count). The molecule has 132 valence electrons. The molecule has 0 aromatic heterocycles. The van der Waals surface area contributed by atoms with Crippen LogP contribution in [0.15, 0.2) is 45.8 Å². The normalized spacial score (nSPS) is 11.0. The molecule has 0 radical (unpaired) electrons. The Morgan fingerprint density at radius 2 is 1.36 bits per heavy atom. The summed E-state index contributed by atoms with van der Waals surface area (Å²) in [6.45, 7) is 0. The molecule has 25 heavy (non-hydrogen) atoms. The fourth-order valence-electron chi connectivity index (χ4n) is 1.63. The van der Waals surface area contributed by atoms with Gasteiger partial charge < -0.3 is 14.0 Å². The maximum absolute atomic E-state index is 11.8. The summed E-state index contributed by atoms with van der Waals surface area (Å²) in [5, 5.41) is 0. The Bertz CT molecular complexity index is 919. The number of carbonyl (C=O) groups is 2. The van der Waals surface area contributed by atoms with Crippen molar-refractivity contribution in [3.8, 4) is 11.5 Å². The molecular weight excluding hydrogens is 646 g/mol. The lowest BCUT2D eigenvalue weighted by Crippen LogP contribution is -2.25. The minimum absolute atomic E-state index is 0.0728. The fraction of sp³-hybridized carbons (Fsp3) is 0. The maximum Gasteiger partial charge on any atom is 0.423 e. The molecular formula is C14H6BrI2O7S-. The standard InChI is InChI=1S/C14H7BrI2O7S/c15-7-1-3-8(4-2-7)23-13(18)14(19)24-9-5-10(16)12(11(17)6-9)25(20,21)22/h1-6H,(H,20,21,22)/p-1. The van der Waals surface area contributed by atoms with Gasteiger partial charge in [-0.1, -0.05) is 15.9 Å². The second kappa shape index (κ2) is 8.28. The minimum Gasteiger partial charge on any atom is -0.744 e. The van der Waals surface area contributed by atoms with E-state index in [2.05, 4.69) is 15.9 Å². The molecule has 0 unspecified atom stereocenters. The van der Waals surface area contributed by atoms with Crippen LogP contribution in [0.1, 0.15) is 0 Å². The van der Waals surface area contributed by atoms with Crippen LogP contribution in [0.4, 0.5) is 0 Å². The first-order valence-corrected chi connectivity index (χ1v) is 10.6. The number of halogens is 3. The topological polar surface area (TPSA) is 110 Å². The average Bonchev–Trinajstić information content (AvgIpc) is 2.47. The van der Waals surface area contributed by atoms with E-state index < -0.39 is 27.0 Å². The molecule has 0 saturated heterocycles. The monoisotopic (exact) mass is 651 g/mol. The second-order valence-corrected chi connectivity index (χ2v) is 8.96. The first kappa shape index (κ1) is 20.5. The molecule has 0 amide bonds. The highest BCUT2D eigenvalue weighted by Crippen LogP contribution is 2.29. The van der Waals surface area contributed by atoms with Gasteiger partial charge in [-0.25, -0.2) is 18.0 Å². The Hall–Kier alpha value is -0.770. The quantitative estimate of drug-likeness (QED) is 0.165. The summed E-state index contributed by atoms with van der Waals surface area (Å²) < 4.78 is 44.2. The molecule has 7 nitrogen and oxygen atoms in total. The lowest BCUT2D eigenvalue weighted by atomic mass is 10.3. The molecule has 0 aliphatic carbocycles. The molecule has 11 heteroatoms. The van der Waals surface area contributed by atoms with Gasteiger partial charge >= 0.3 is 11.9 Å². The zero-order chi connectivity index (χ0) is 18.8. The van der Waals surface area contributed by atoms with Gasteiger partial charge in [-0.15, -0.1) is 0 Å². The highest BCUT2D eigenvalue weighted by atomic mass is 127. The number of esters is 2.